The van der Waals surface area contributed by atoms with Gasteiger partial charge in [0, 0.05) is 42.4 Å². The predicted octanol–water partition coefficient (Wildman–Crippen LogP) is 9.62. The quantitative estimate of drug-likeness (QED) is 0.0510. The van der Waals surface area contributed by atoms with Crippen LogP contribution in [-0.2, 0) is 42.9 Å². The van der Waals surface area contributed by atoms with Crippen molar-refractivity contribution in [3.05, 3.63) is 88.6 Å². The second-order valence-electron chi connectivity index (χ2n) is 16.3. The van der Waals surface area contributed by atoms with Crippen LogP contribution in [0, 0.1) is 0 Å². The number of esters is 1. The molecular formula is C43H60ClN4O8SSi-. The third kappa shape index (κ3) is 13.1. The molecule has 4 aromatic rings. The Kier molecular flexibility index (Phi) is 16.5. The van der Waals surface area contributed by atoms with E-state index in [-0.39, 0.29) is 10.7 Å². The largest absolute Gasteiger partial charge is 0.755 e. The molecule has 15 heteroatoms. The summed E-state index contributed by atoms with van der Waals surface area (Å²) in [6.45, 7) is 20.4. The first-order valence-corrected chi connectivity index (χ1v) is 23.9. The summed E-state index contributed by atoms with van der Waals surface area (Å²) in [5, 5.41) is 5.59. The van der Waals surface area contributed by atoms with Crippen molar-refractivity contribution in [3.63, 3.8) is 0 Å². The summed E-state index contributed by atoms with van der Waals surface area (Å²) >= 11 is 3.83. The molecule has 0 saturated carbocycles. The first-order chi connectivity index (χ1) is 27.3. The number of hydrogen-bond donors (Lipinski definition) is 0. The van der Waals surface area contributed by atoms with Crippen LogP contribution in [-0.4, -0.2) is 81.3 Å². The molecule has 0 aliphatic rings. The summed E-state index contributed by atoms with van der Waals surface area (Å²) in [6, 6.07) is 23.7. The molecule has 1 heterocycles. The van der Waals surface area contributed by atoms with Gasteiger partial charge in [0.2, 0.25) is 0 Å². The minimum Gasteiger partial charge on any atom is -0.755 e. The lowest BCUT2D eigenvalue weighted by Gasteiger charge is -2.37. The van der Waals surface area contributed by atoms with E-state index in [0.717, 1.165) is 44.6 Å². The van der Waals surface area contributed by atoms with Crippen molar-refractivity contribution in [2.75, 3.05) is 30.5 Å². The lowest BCUT2D eigenvalue weighted by Crippen LogP contribution is -2.41. The second-order valence-corrected chi connectivity index (χ2v) is 22.3. The maximum absolute atomic E-state index is 13.1. The van der Waals surface area contributed by atoms with E-state index in [2.05, 4.69) is 42.9 Å². The number of hydrogen-bond acceptors (Lipinski definition) is 10. The minimum atomic E-state index is -2.83. The second kappa shape index (κ2) is 20.5. The molecule has 0 fully saturated rings. The van der Waals surface area contributed by atoms with E-state index >= 15 is 0 Å². The number of benzene rings is 3. The third-order valence-electron chi connectivity index (χ3n) is 9.79. The van der Waals surface area contributed by atoms with Gasteiger partial charge in [-0.25, -0.2) is 4.79 Å². The molecular weight excluding hydrogens is 796 g/mol. The van der Waals surface area contributed by atoms with E-state index in [9.17, 15) is 18.4 Å². The molecule has 4 rings (SSSR count). The van der Waals surface area contributed by atoms with Gasteiger partial charge in [-0.2, -0.15) is 9.78 Å². The van der Waals surface area contributed by atoms with Gasteiger partial charge in [0.1, 0.15) is 30.1 Å². The molecule has 0 amide bonds. The Morgan fingerprint density at radius 3 is 2.16 bits per heavy atom. The Hall–Kier alpha value is -3.79. The lowest BCUT2D eigenvalue weighted by atomic mass is 10.1. The Balaban J connectivity index is 1.68. The molecule has 0 saturated heterocycles. The molecule has 12 nitrogen and oxygen atoms in total. The number of aryl methyl sites for hydroxylation is 1. The molecule has 2 atom stereocenters. The maximum atomic E-state index is 13.1. The van der Waals surface area contributed by atoms with Crippen LogP contribution < -0.4 is 9.04 Å². The number of rotatable bonds is 19. The number of ether oxygens (including phenoxy) is 3. The third-order valence-corrected chi connectivity index (χ3v) is 15.4. The van der Waals surface area contributed by atoms with Crippen molar-refractivity contribution in [3.8, 4) is 5.75 Å². The zero-order chi connectivity index (χ0) is 42.8. The highest BCUT2D eigenvalue weighted by molar-refractivity contribution is 7.80. The van der Waals surface area contributed by atoms with Gasteiger partial charge < -0.3 is 23.2 Å². The van der Waals surface area contributed by atoms with Gasteiger partial charge in [-0.1, -0.05) is 75.7 Å². The number of halogens is 1. The van der Waals surface area contributed by atoms with Crippen LogP contribution in [0.4, 0.5) is 10.5 Å². The topological polar surface area (TPSA) is 135 Å². The van der Waals surface area contributed by atoms with E-state index in [1.54, 1.807) is 32.9 Å². The fraction of sp³-hybridized carbons (Fsp3) is 0.512. The Morgan fingerprint density at radius 1 is 0.914 bits per heavy atom. The Bertz CT molecular complexity index is 2000. The molecule has 3 aromatic carbocycles. The van der Waals surface area contributed by atoms with Gasteiger partial charge >= 0.3 is 12.1 Å². The number of aromatic nitrogens is 2. The van der Waals surface area contributed by atoms with E-state index in [1.807, 2.05) is 70.2 Å². The van der Waals surface area contributed by atoms with Gasteiger partial charge in [-0.15, -0.1) is 0 Å². The zero-order valence-electron chi connectivity index (χ0n) is 35.6. The fourth-order valence-electron chi connectivity index (χ4n) is 6.70. The average molecular weight is 857 g/mol. The zero-order valence-corrected chi connectivity index (χ0v) is 38.2. The van der Waals surface area contributed by atoms with Crippen molar-refractivity contribution < 1.29 is 37.0 Å². The van der Waals surface area contributed by atoms with E-state index in [1.165, 1.54) is 4.68 Å². The van der Waals surface area contributed by atoms with Gasteiger partial charge in [0.15, 0.2) is 8.32 Å². The smallest absolute Gasteiger partial charge is 0.435 e. The van der Waals surface area contributed by atoms with E-state index in [4.69, 9.17) is 30.2 Å². The van der Waals surface area contributed by atoms with Crippen LogP contribution >= 0.6 is 11.6 Å². The molecule has 0 radical (unpaired) electrons. The molecule has 0 aliphatic heterocycles. The number of carbonyl (C=O) groups excluding carboxylic acids is 2. The van der Waals surface area contributed by atoms with Gasteiger partial charge in [-0.05, 0) is 101 Å². The van der Waals surface area contributed by atoms with Crippen LogP contribution in [0.2, 0.25) is 23.2 Å². The van der Waals surface area contributed by atoms with Crippen LogP contribution in [0.1, 0.15) is 92.2 Å². The summed E-state index contributed by atoms with van der Waals surface area (Å²) < 4.78 is 52.1. The van der Waals surface area contributed by atoms with Crippen molar-refractivity contribution in [2.24, 2.45) is 0 Å². The van der Waals surface area contributed by atoms with Crippen LogP contribution in [0.5, 0.6) is 5.75 Å². The number of carbonyl (C=O) groups is 2. The minimum absolute atomic E-state index is 0.161. The molecule has 0 N–H and O–H groups in total. The van der Waals surface area contributed by atoms with Crippen LogP contribution in [0.15, 0.2) is 66.7 Å². The fourth-order valence-corrected chi connectivity index (χ4v) is 10.3. The first kappa shape index (κ1) is 46.9. The number of nitrogens with zero attached hydrogens (tertiary/aromatic N) is 4. The predicted molar refractivity (Wildman–Crippen MR) is 233 cm³/mol. The summed E-state index contributed by atoms with van der Waals surface area (Å²) in [5.41, 5.74) is 1.91. The van der Waals surface area contributed by atoms with E-state index < -0.39 is 55.5 Å². The molecule has 2 unspecified atom stereocenters. The van der Waals surface area contributed by atoms with Crippen molar-refractivity contribution in [2.45, 2.75) is 118 Å². The summed E-state index contributed by atoms with van der Waals surface area (Å²) in [4.78, 5) is 28.2. The molecule has 318 valence electrons. The molecule has 0 aliphatic carbocycles. The molecule has 1 aromatic heterocycles. The lowest BCUT2D eigenvalue weighted by molar-refractivity contribution is -0.152. The molecule has 0 spiro atoms. The summed E-state index contributed by atoms with van der Waals surface area (Å²) in [6.07, 6.45) is -0.379. The highest BCUT2D eigenvalue weighted by atomic mass is 35.5. The first-order valence-electron chi connectivity index (χ1n) is 20.0. The monoisotopic (exact) mass is 855 g/mol. The number of fused-ring (bicyclic) bond motifs is 1. The summed E-state index contributed by atoms with van der Waals surface area (Å²) in [7, 11) is -2.24. The van der Waals surface area contributed by atoms with Crippen molar-refractivity contribution in [1.82, 2.24) is 14.7 Å². The highest BCUT2D eigenvalue weighted by Gasteiger charge is 2.34. The van der Waals surface area contributed by atoms with Crippen molar-refractivity contribution >= 4 is 59.8 Å². The Labute approximate surface area is 352 Å². The SMILES string of the molecule is CCc1nn(C(=O)OC(C)(C)C)c2cc(OCCN(Cc3ccccc3)CC(O[Si](CC)(CC)CC)c3ccc(Cl)c(N(CC(=O)OC(C)(C)C)S(=O)[O-])c3)ccc12. The highest BCUT2D eigenvalue weighted by Crippen LogP contribution is 2.36. The average Bonchev–Trinajstić information content (AvgIpc) is 3.53. The van der Waals surface area contributed by atoms with Gasteiger partial charge in [-0.3, -0.25) is 18.2 Å². The van der Waals surface area contributed by atoms with Crippen LogP contribution in [0.3, 0.4) is 0 Å². The Morgan fingerprint density at radius 2 is 1.57 bits per heavy atom. The van der Waals surface area contributed by atoms with Crippen LogP contribution in [0.25, 0.3) is 10.9 Å². The van der Waals surface area contributed by atoms with E-state index in [0.29, 0.717) is 43.9 Å². The normalized spacial score (nSPS) is 13.4. The maximum Gasteiger partial charge on any atom is 0.435 e. The van der Waals surface area contributed by atoms with Gasteiger partial charge in [0.25, 0.3) is 0 Å². The molecule has 0 bridgehead atoms. The molecule has 58 heavy (non-hydrogen) atoms. The summed E-state index contributed by atoms with van der Waals surface area (Å²) in [5.74, 6) is -0.117. The number of anilines is 1. The standard InChI is InChI=1S/C43H61ClN4O8SSi/c1-11-36-34-22-21-33(27-37(34)48(45-36)41(50)55-43(8,9)10)53-25-24-46(28-31-18-16-15-17-19-31)29-39(56-58(12-2,13-3)14-4)32-20-23-35(44)38(26-32)47(57(51)52)30-40(49)54-42(5,6)7/h15-23,26-27,39H,11-14,24-25,28-30H2,1-10H3,(H,51,52)/p-1. The van der Waals surface area contributed by atoms with Crippen molar-refractivity contribution in [1.29, 1.82) is 0 Å². The van der Waals surface area contributed by atoms with Gasteiger partial charge in [0.05, 0.1) is 28.0 Å².